The van der Waals surface area contributed by atoms with Crippen molar-refractivity contribution in [3.05, 3.63) is 35.1 Å². The largest absolute Gasteiger partial charge is 0.382 e. The Morgan fingerprint density at radius 3 is 2.39 bits per heavy atom. The molecule has 0 aliphatic rings. The molecule has 3 N–H and O–H groups in total. The van der Waals surface area contributed by atoms with E-state index < -0.39 is 17.5 Å². The molecule has 1 heterocycles. The third-order valence-electron chi connectivity index (χ3n) is 2.66. The number of rotatable bonds is 3. The maximum Gasteiger partial charge on any atom is 0.149 e. The van der Waals surface area contributed by atoms with Crippen LogP contribution in [0.2, 0.25) is 0 Å². The minimum absolute atomic E-state index is 0.171. The fraction of sp³-hybridized carbons (Fsp3) is 0.250. The van der Waals surface area contributed by atoms with Crippen molar-refractivity contribution in [1.29, 1.82) is 0 Å². The van der Waals surface area contributed by atoms with Crippen LogP contribution in [0.3, 0.4) is 0 Å². The minimum Gasteiger partial charge on any atom is -0.382 e. The Balaban J connectivity index is 2.62. The summed E-state index contributed by atoms with van der Waals surface area (Å²) in [4.78, 5) is 0. The van der Waals surface area contributed by atoms with Crippen LogP contribution in [-0.4, -0.2) is 10.2 Å². The van der Waals surface area contributed by atoms with Gasteiger partial charge in [-0.25, -0.2) is 13.2 Å². The van der Waals surface area contributed by atoms with E-state index in [0.29, 0.717) is 24.1 Å². The minimum atomic E-state index is -0.978. The molecule has 0 saturated heterocycles. The number of nitrogens with zero attached hydrogens (tertiary/aromatic N) is 1. The third-order valence-corrected chi connectivity index (χ3v) is 2.66. The predicted molar refractivity (Wildman–Crippen MR) is 62.3 cm³/mol. The number of nitrogens with two attached hydrogens (primary N) is 1. The molecule has 0 spiro atoms. The van der Waals surface area contributed by atoms with Crippen molar-refractivity contribution < 1.29 is 13.2 Å². The number of hydrogen-bond acceptors (Lipinski definition) is 2. The van der Waals surface area contributed by atoms with E-state index in [-0.39, 0.29) is 17.1 Å². The number of nitrogen functional groups attached to an aromatic ring is 1. The predicted octanol–water partition coefficient (Wildman–Crippen LogP) is 3.03. The second-order valence-electron chi connectivity index (χ2n) is 3.96. The molecule has 0 aliphatic carbocycles. The second kappa shape index (κ2) is 4.72. The van der Waals surface area contributed by atoms with E-state index in [1.165, 1.54) is 0 Å². The summed E-state index contributed by atoms with van der Waals surface area (Å²) < 4.78 is 40.2. The standard InChI is InChI=1S/C12H12F3N3/c1-2-3-7-11(17-18-12(7)16)10-8(14)4-6(13)5-9(10)15/h4-5H,2-3H2,1H3,(H3,16,17,18). The Hall–Kier alpha value is -1.98. The average molecular weight is 255 g/mol. The van der Waals surface area contributed by atoms with Crippen LogP contribution in [0.1, 0.15) is 18.9 Å². The van der Waals surface area contributed by atoms with E-state index in [9.17, 15) is 13.2 Å². The zero-order valence-corrected chi connectivity index (χ0v) is 9.73. The lowest BCUT2D eigenvalue weighted by molar-refractivity contribution is 0.547. The number of hydrogen-bond donors (Lipinski definition) is 2. The lowest BCUT2D eigenvalue weighted by Crippen LogP contribution is -1.97. The Morgan fingerprint density at radius 2 is 1.83 bits per heavy atom. The highest BCUT2D eigenvalue weighted by molar-refractivity contribution is 5.69. The summed E-state index contributed by atoms with van der Waals surface area (Å²) in [5, 5.41) is 6.24. The number of aromatic nitrogens is 2. The molecule has 0 saturated carbocycles. The first-order valence-electron chi connectivity index (χ1n) is 5.52. The molecule has 0 unspecified atom stereocenters. The van der Waals surface area contributed by atoms with Gasteiger partial charge in [-0.3, -0.25) is 5.10 Å². The molecule has 0 amide bonds. The Labute approximate surface area is 102 Å². The fourth-order valence-corrected chi connectivity index (χ4v) is 1.87. The normalized spacial score (nSPS) is 10.9. The Morgan fingerprint density at radius 1 is 1.22 bits per heavy atom. The van der Waals surface area contributed by atoms with Gasteiger partial charge in [-0.05, 0) is 6.42 Å². The van der Waals surface area contributed by atoms with Gasteiger partial charge in [0.1, 0.15) is 23.3 Å². The van der Waals surface area contributed by atoms with Crippen molar-refractivity contribution in [3.63, 3.8) is 0 Å². The van der Waals surface area contributed by atoms with E-state index >= 15 is 0 Å². The number of nitrogens with one attached hydrogen (secondary N) is 1. The monoisotopic (exact) mass is 255 g/mol. The molecule has 2 rings (SSSR count). The lowest BCUT2D eigenvalue weighted by atomic mass is 10.0. The first kappa shape index (κ1) is 12.5. The number of benzene rings is 1. The zero-order valence-electron chi connectivity index (χ0n) is 9.73. The average Bonchev–Trinajstić information content (AvgIpc) is 2.61. The lowest BCUT2D eigenvalue weighted by Gasteiger charge is -2.06. The molecule has 0 aliphatic heterocycles. The second-order valence-corrected chi connectivity index (χ2v) is 3.96. The van der Waals surface area contributed by atoms with Gasteiger partial charge >= 0.3 is 0 Å². The molecule has 96 valence electrons. The molecular formula is C12H12F3N3. The fourth-order valence-electron chi connectivity index (χ4n) is 1.87. The van der Waals surface area contributed by atoms with Crippen LogP contribution in [0.4, 0.5) is 19.0 Å². The van der Waals surface area contributed by atoms with Crippen LogP contribution in [0.15, 0.2) is 12.1 Å². The topological polar surface area (TPSA) is 54.7 Å². The van der Waals surface area contributed by atoms with Gasteiger partial charge in [-0.2, -0.15) is 5.10 Å². The third kappa shape index (κ3) is 2.05. The molecule has 1 aromatic heterocycles. The van der Waals surface area contributed by atoms with E-state index in [1.54, 1.807) is 0 Å². The van der Waals surface area contributed by atoms with Crippen LogP contribution >= 0.6 is 0 Å². The maximum absolute atomic E-state index is 13.7. The molecule has 0 atom stereocenters. The quantitative estimate of drug-likeness (QED) is 0.885. The molecule has 6 heteroatoms. The summed E-state index contributed by atoms with van der Waals surface area (Å²) in [6, 6.07) is 1.26. The molecule has 2 aromatic rings. The first-order valence-corrected chi connectivity index (χ1v) is 5.52. The molecule has 0 fully saturated rings. The van der Waals surface area contributed by atoms with Crippen molar-refractivity contribution in [2.75, 3.05) is 5.73 Å². The molecule has 18 heavy (non-hydrogen) atoms. The highest BCUT2D eigenvalue weighted by atomic mass is 19.1. The SMILES string of the molecule is CCCc1c(N)n[nH]c1-c1c(F)cc(F)cc1F. The van der Waals surface area contributed by atoms with Gasteiger partial charge in [0.05, 0.1) is 11.3 Å². The summed E-state index contributed by atoms with van der Waals surface area (Å²) in [6.45, 7) is 1.91. The van der Waals surface area contributed by atoms with Crippen molar-refractivity contribution in [1.82, 2.24) is 10.2 Å². The van der Waals surface area contributed by atoms with Crippen molar-refractivity contribution in [2.45, 2.75) is 19.8 Å². The van der Waals surface area contributed by atoms with Crippen LogP contribution < -0.4 is 5.73 Å². The maximum atomic E-state index is 13.7. The van der Waals surface area contributed by atoms with Gasteiger partial charge in [-0.15, -0.1) is 0 Å². The van der Waals surface area contributed by atoms with Crippen molar-refractivity contribution in [3.8, 4) is 11.3 Å². The van der Waals surface area contributed by atoms with Crippen molar-refractivity contribution >= 4 is 5.82 Å². The number of H-pyrrole nitrogens is 1. The molecule has 3 nitrogen and oxygen atoms in total. The van der Waals surface area contributed by atoms with E-state index in [1.807, 2.05) is 6.92 Å². The Kier molecular flexibility index (Phi) is 3.27. The number of halogens is 3. The summed E-state index contributed by atoms with van der Waals surface area (Å²) in [6.07, 6.45) is 1.29. The molecule has 0 bridgehead atoms. The summed E-state index contributed by atoms with van der Waals surface area (Å²) in [5.41, 5.74) is 6.02. The first-order chi connectivity index (χ1) is 8.54. The number of anilines is 1. The summed E-state index contributed by atoms with van der Waals surface area (Å²) >= 11 is 0. The molecule has 1 aromatic carbocycles. The van der Waals surface area contributed by atoms with Gasteiger partial charge in [0, 0.05) is 17.7 Å². The van der Waals surface area contributed by atoms with Gasteiger partial charge in [0.2, 0.25) is 0 Å². The van der Waals surface area contributed by atoms with Gasteiger partial charge in [0.25, 0.3) is 0 Å². The van der Waals surface area contributed by atoms with Gasteiger partial charge < -0.3 is 5.73 Å². The Bertz CT molecular complexity index is 555. The van der Waals surface area contributed by atoms with Gasteiger partial charge in [0.15, 0.2) is 0 Å². The van der Waals surface area contributed by atoms with E-state index in [4.69, 9.17) is 5.73 Å². The van der Waals surface area contributed by atoms with E-state index in [0.717, 1.165) is 6.42 Å². The smallest absolute Gasteiger partial charge is 0.149 e. The van der Waals surface area contributed by atoms with Crippen LogP contribution in [0, 0.1) is 17.5 Å². The highest BCUT2D eigenvalue weighted by Crippen LogP contribution is 2.31. The summed E-state index contributed by atoms with van der Waals surface area (Å²) in [7, 11) is 0. The molecular weight excluding hydrogens is 243 g/mol. The molecule has 0 radical (unpaired) electrons. The highest BCUT2D eigenvalue weighted by Gasteiger charge is 2.20. The van der Waals surface area contributed by atoms with Crippen LogP contribution in [-0.2, 0) is 6.42 Å². The summed E-state index contributed by atoms with van der Waals surface area (Å²) in [5.74, 6) is -2.71. The zero-order chi connectivity index (χ0) is 13.3. The van der Waals surface area contributed by atoms with Gasteiger partial charge in [-0.1, -0.05) is 13.3 Å². The van der Waals surface area contributed by atoms with E-state index in [2.05, 4.69) is 10.2 Å². The van der Waals surface area contributed by atoms with Crippen LogP contribution in [0.25, 0.3) is 11.3 Å². The van der Waals surface area contributed by atoms with Crippen LogP contribution in [0.5, 0.6) is 0 Å². The van der Waals surface area contributed by atoms with Crippen molar-refractivity contribution in [2.24, 2.45) is 0 Å². The number of aromatic amines is 1.